The summed E-state index contributed by atoms with van der Waals surface area (Å²) in [5.41, 5.74) is 7.46. The maximum absolute atomic E-state index is 6.02. The molecule has 0 spiro atoms. The Hall–Kier alpha value is -0.570. The van der Waals surface area contributed by atoms with Crippen LogP contribution in [0.1, 0.15) is 31.2 Å². The lowest BCUT2D eigenvalue weighted by Gasteiger charge is -2.39. The van der Waals surface area contributed by atoms with Crippen LogP contribution < -0.4 is 5.73 Å². The molecule has 0 amide bonds. The summed E-state index contributed by atoms with van der Waals surface area (Å²) >= 11 is 5.93. The molecule has 1 aliphatic carbocycles. The van der Waals surface area contributed by atoms with E-state index in [1.165, 1.54) is 5.56 Å². The van der Waals surface area contributed by atoms with E-state index in [0.29, 0.717) is 12.6 Å². The minimum absolute atomic E-state index is 0.125. The van der Waals surface area contributed by atoms with Gasteiger partial charge in [0.25, 0.3) is 0 Å². The zero-order valence-corrected chi connectivity index (χ0v) is 11.0. The first-order valence-corrected chi connectivity index (χ1v) is 6.57. The van der Waals surface area contributed by atoms with Crippen molar-refractivity contribution in [3.05, 3.63) is 34.9 Å². The van der Waals surface area contributed by atoms with Gasteiger partial charge in [0.15, 0.2) is 0 Å². The second kappa shape index (κ2) is 5.38. The number of hydrogen-bond donors (Lipinski definition) is 1. The first-order chi connectivity index (χ1) is 8.20. The monoisotopic (exact) mass is 253 g/mol. The first kappa shape index (κ1) is 12.9. The second-order valence-electron chi connectivity index (χ2n) is 4.93. The molecule has 2 rings (SSSR count). The Labute approximate surface area is 108 Å². The molecule has 0 saturated heterocycles. The second-order valence-corrected chi connectivity index (χ2v) is 5.36. The van der Waals surface area contributed by atoms with Gasteiger partial charge in [0, 0.05) is 24.1 Å². The van der Waals surface area contributed by atoms with Crippen molar-refractivity contribution in [1.29, 1.82) is 0 Å². The standard InChI is InChI=1S/C14H20ClNO/c1-17-13-6-8-14(10-16,9-7-13)11-2-4-12(15)5-3-11/h2-5,13H,6-10,16H2,1H3/t13-,14-. The Morgan fingerprint density at radius 2 is 1.88 bits per heavy atom. The lowest BCUT2D eigenvalue weighted by molar-refractivity contribution is 0.0498. The summed E-state index contributed by atoms with van der Waals surface area (Å²) in [6.07, 6.45) is 4.79. The third-order valence-electron chi connectivity index (χ3n) is 4.07. The van der Waals surface area contributed by atoms with Crippen LogP contribution >= 0.6 is 11.6 Å². The van der Waals surface area contributed by atoms with E-state index in [-0.39, 0.29) is 5.41 Å². The summed E-state index contributed by atoms with van der Waals surface area (Å²) in [6, 6.07) is 8.14. The van der Waals surface area contributed by atoms with Crippen molar-refractivity contribution in [2.75, 3.05) is 13.7 Å². The van der Waals surface area contributed by atoms with Gasteiger partial charge in [0.05, 0.1) is 6.10 Å². The third kappa shape index (κ3) is 2.65. The Balaban J connectivity index is 2.18. The predicted molar refractivity (Wildman–Crippen MR) is 71.4 cm³/mol. The molecule has 17 heavy (non-hydrogen) atoms. The topological polar surface area (TPSA) is 35.2 Å². The van der Waals surface area contributed by atoms with Gasteiger partial charge in [-0.05, 0) is 43.4 Å². The lowest BCUT2D eigenvalue weighted by atomic mass is 9.69. The van der Waals surface area contributed by atoms with Crippen molar-refractivity contribution in [2.45, 2.75) is 37.2 Å². The molecule has 0 atom stereocenters. The number of hydrogen-bond acceptors (Lipinski definition) is 2. The fourth-order valence-electron chi connectivity index (χ4n) is 2.79. The molecule has 2 nitrogen and oxygen atoms in total. The molecular formula is C14H20ClNO. The lowest BCUT2D eigenvalue weighted by Crippen LogP contribution is -2.40. The van der Waals surface area contributed by atoms with Gasteiger partial charge in [0.2, 0.25) is 0 Å². The van der Waals surface area contributed by atoms with Gasteiger partial charge in [0.1, 0.15) is 0 Å². The molecule has 1 aromatic rings. The van der Waals surface area contributed by atoms with E-state index in [1.54, 1.807) is 7.11 Å². The molecule has 0 aliphatic heterocycles. The maximum Gasteiger partial charge on any atom is 0.0572 e. The van der Waals surface area contributed by atoms with Crippen LogP contribution in [0.3, 0.4) is 0 Å². The molecule has 1 fully saturated rings. The van der Waals surface area contributed by atoms with Crippen LogP contribution in [-0.2, 0) is 10.2 Å². The zero-order valence-electron chi connectivity index (χ0n) is 10.3. The molecule has 3 heteroatoms. The summed E-state index contributed by atoms with van der Waals surface area (Å²) < 4.78 is 5.42. The quantitative estimate of drug-likeness (QED) is 0.898. The predicted octanol–water partition coefficient (Wildman–Crippen LogP) is 3.13. The van der Waals surface area contributed by atoms with Gasteiger partial charge >= 0.3 is 0 Å². The van der Waals surface area contributed by atoms with E-state index in [1.807, 2.05) is 12.1 Å². The molecule has 1 aliphatic rings. The molecule has 1 aromatic carbocycles. The Kier molecular flexibility index (Phi) is 4.08. The summed E-state index contributed by atoms with van der Waals surface area (Å²) in [4.78, 5) is 0. The zero-order chi connectivity index (χ0) is 12.3. The third-order valence-corrected chi connectivity index (χ3v) is 4.32. The highest BCUT2D eigenvalue weighted by Gasteiger charge is 2.35. The van der Waals surface area contributed by atoms with Crippen molar-refractivity contribution in [2.24, 2.45) is 5.73 Å². The largest absolute Gasteiger partial charge is 0.381 e. The molecule has 1 saturated carbocycles. The van der Waals surface area contributed by atoms with Crippen LogP contribution in [0, 0.1) is 0 Å². The van der Waals surface area contributed by atoms with E-state index in [9.17, 15) is 0 Å². The highest BCUT2D eigenvalue weighted by atomic mass is 35.5. The van der Waals surface area contributed by atoms with Gasteiger partial charge in [-0.3, -0.25) is 0 Å². The smallest absolute Gasteiger partial charge is 0.0572 e. The average Bonchev–Trinajstić information content (AvgIpc) is 2.40. The van der Waals surface area contributed by atoms with E-state index >= 15 is 0 Å². The average molecular weight is 254 g/mol. The van der Waals surface area contributed by atoms with Crippen LogP contribution in [0.4, 0.5) is 0 Å². The molecule has 2 N–H and O–H groups in total. The van der Waals surface area contributed by atoms with Crippen molar-refractivity contribution >= 4 is 11.6 Å². The number of rotatable bonds is 3. The summed E-state index contributed by atoms with van der Waals surface area (Å²) in [5, 5.41) is 0.784. The highest BCUT2D eigenvalue weighted by Crippen LogP contribution is 2.39. The molecule has 0 heterocycles. The highest BCUT2D eigenvalue weighted by molar-refractivity contribution is 6.30. The van der Waals surface area contributed by atoms with Gasteiger partial charge in [-0.2, -0.15) is 0 Å². The van der Waals surface area contributed by atoms with Crippen LogP contribution in [0.15, 0.2) is 24.3 Å². The van der Waals surface area contributed by atoms with Gasteiger partial charge in [-0.15, -0.1) is 0 Å². The van der Waals surface area contributed by atoms with E-state index in [4.69, 9.17) is 22.1 Å². The summed E-state index contributed by atoms with van der Waals surface area (Å²) in [6.45, 7) is 0.699. The van der Waals surface area contributed by atoms with Crippen LogP contribution in [0.25, 0.3) is 0 Å². The summed E-state index contributed by atoms with van der Waals surface area (Å²) in [7, 11) is 1.79. The molecule has 0 bridgehead atoms. The minimum atomic E-state index is 0.125. The van der Waals surface area contributed by atoms with Crippen molar-refractivity contribution in [3.8, 4) is 0 Å². The maximum atomic E-state index is 6.02. The van der Waals surface area contributed by atoms with Gasteiger partial charge in [-0.1, -0.05) is 23.7 Å². The van der Waals surface area contributed by atoms with Crippen molar-refractivity contribution < 1.29 is 4.74 Å². The molecule has 0 radical (unpaired) electrons. The number of ether oxygens (including phenoxy) is 1. The molecule has 0 unspecified atom stereocenters. The van der Waals surface area contributed by atoms with Crippen molar-refractivity contribution in [3.63, 3.8) is 0 Å². The minimum Gasteiger partial charge on any atom is -0.381 e. The van der Waals surface area contributed by atoms with Gasteiger partial charge in [-0.25, -0.2) is 0 Å². The van der Waals surface area contributed by atoms with E-state index in [2.05, 4.69) is 12.1 Å². The number of nitrogens with two attached hydrogens (primary N) is 1. The van der Waals surface area contributed by atoms with Crippen LogP contribution in [0.5, 0.6) is 0 Å². The summed E-state index contributed by atoms with van der Waals surface area (Å²) in [5.74, 6) is 0. The molecule has 94 valence electrons. The van der Waals surface area contributed by atoms with Gasteiger partial charge < -0.3 is 10.5 Å². The van der Waals surface area contributed by atoms with E-state index in [0.717, 1.165) is 30.7 Å². The molecular weight excluding hydrogens is 234 g/mol. The Morgan fingerprint density at radius 1 is 1.29 bits per heavy atom. The fourth-order valence-corrected chi connectivity index (χ4v) is 2.92. The van der Waals surface area contributed by atoms with Crippen LogP contribution in [-0.4, -0.2) is 19.8 Å². The number of benzene rings is 1. The molecule has 0 aromatic heterocycles. The van der Waals surface area contributed by atoms with E-state index < -0.39 is 0 Å². The SMILES string of the molecule is CO[C@H]1CC[C@](CN)(c2ccc(Cl)cc2)CC1. The first-order valence-electron chi connectivity index (χ1n) is 6.19. The fraction of sp³-hybridized carbons (Fsp3) is 0.571. The normalized spacial score (nSPS) is 29.2. The van der Waals surface area contributed by atoms with Crippen LogP contribution in [0.2, 0.25) is 5.02 Å². The number of halogens is 1. The number of methoxy groups -OCH3 is 1. The Morgan fingerprint density at radius 3 is 2.35 bits per heavy atom. The Bertz CT molecular complexity index is 355. The van der Waals surface area contributed by atoms with Crippen molar-refractivity contribution in [1.82, 2.24) is 0 Å².